The molecular weight excluding hydrogens is 434 g/mol. The Labute approximate surface area is 185 Å². The van der Waals surface area contributed by atoms with E-state index in [-0.39, 0.29) is 31.0 Å². The minimum atomic E-state index is -4.42. The number of nitrogens with zero attached hydrogens (tertiary/aromatic N) is 1. The van der Waals surface area contributed by atoms with E-state index in [2.05, 4.69) is 10.5 Å². The average Bonchev–Trinajstić information content (AvgIpc) is 3.22. The summed E-state index contributed by atoms with van der Waals surface area (Å²) in [4.78, 5) is 32.5. The highest BCUT2D eigenvalue weighted by Gasteiger charge is 2.45. The van der Waals surface area contributed by atoms with Crippen LogP contribution in [0.1, 0.15) is 44.2 Å². The maximum atomic E-state index is 13.2. The first-order chi connectivity index (χ1) is 15.2. The quantitative estimate of drug-likeness (QED) is 0.376. The van der Waals surface area contributed by atoms with Gasteiger partial charge in [0.15, 0.2) is 5.76 Å². The normalized spacial score (nSPS) is 12.0. The molecule has 3 rings (SSSR count). The van der Waals surface area contributed by atoms with Gasteiger partial charge in [-0.2, -0.15) is 0 Å². The number of amides is 1. The third-order valence-electron chi connectivity index (χ3n) is 5.78. The summed E-state index contributed by atoms with van der Waals surface area (Å²) in [7, 11) is -4.42. The van der Waals surface area contributed by atoms with Crippen LogP contribution in [-0.4, -0.2) is 20.9 Å². The lowest BCUT2D eigenvalue weighted by molar-refractivity contribution is -0.116. The smallest absolute Gasteiger partial charge is 0.335 e. The van der Waals surface area contributed by atoms with Gasteiger partial charge < -0.3 is 19.6 Å². The number of nitrogens with one attached hydrogen (secondary N) is 1. The van der Waals surface area contributed by atoms with Crippen molar-refractivity contribution in [2.45, 2.75) is 44.7 Å². The SMILES string of the molecule is CCC(CC)(c1cccc(NC(=O)CCc2cnoc2-c2ccc(F)cc2)c1)P(=O)(O)O. The van der Waals surface area contributed by atoms with Crippen LogP contribution in [0.5, 0.6) is 0 Å². The summed E-state index contributed by atoms with van der Waals surface area (Å²) >= 11 is 0. The van der Waals surface area contributed by atoms with E-state index >= 15 is 0 Å². The first-order valence-electron chi connectivity index (χ1n) is 10.4. The molecule has 32 heavy (non-hydrogen) atoms. The second kappa shape index (κ2) is 9.77. The van der Waals surface area contributed by atoms with Crippen molar-refractivity contribution >= 4 is 19.2 Å². The van der Waals surface area contributed by atoms with Crippen LogP contribution in [0.25, 0.3) is 11.3 Å². The minimum absolute atomic E-state index is 0.144. The zero-order valence-electron chi connectivity index (χ0n) is 17.9. The summed E-state index contributed by atoms with van der Waals surface area (Å²) in [6, 6.07) is 12.5. The molecule has 0 atom stereocenters. The number of halogens is 1. The van der Waals surface area contributed by atoms with Gasteiger partial charge in [0.2, 0.25) is 5.91 Å². The van der Waals surface area contributed by atoms with E-state index in [1.165, 1.54) is 18.3 Å². The third-order valence-corrected chi connectivity index (χ3v) is 7.79. The Bertz CT molecular complexity index is 1120. The van der Waals surface area contributed by atoms with Gasteiger partial charge in [0.25, 0.3) is 0 Å². The summed E-state index contributed by atoms with van der Waals surface area (Å²) in [5.74, 6) is -0.134. The van der Waals surface area contributed by atoms with Crippen LogP contribution in [0.15, 0.2) is 59.3 Å². The molecule has 0 saturated heterocycles. The predicted octanol–water partition coefficient (Wildman–Crippen LogP) is 5.25. The molecule has 0 saturated carbocycles. The molecule has 0 radical (unpaired) electrons. The molecule has 3 aromatic rings. The number of hydrogen-bond acceptors (Lipinski definition) is 4. The lowest BCUT2D eigenvalue weighted by atomic mass is 9.92. The minimum Gasteiger partial charge on any atom is -0.356 e. The van der Waals surface area contributed by atoms with Gasteiger partial charge in [0.05, 0.1) is 11.4 Å². The van der Waals surface area contributed by atoms with Crippen molar-refractivity contribution in [2.75, 3.05) is 5.32 Å². The Hall–Kier alpha value is -2.80. The molecule has 1 amide bonds. The fraction of sp³-hybridized carbons (Fsp3) is 0.304. The molecule has 170 valence electrons. The third kappa shape index (κ3) is 4.99. The van der Waals surface area contributed by atoms with Crippen LogP contribution in [-0.2, 0) is 20.9 Å². The molecule has 9 heteroatoms. The summed E-state index contributed by atoms with van der Waals surface area (Å²) in [5, 5.41) is 5.29. The van der Waals surface area contributed by atoms with E-state index in [1.54, 1.807) is 50.2 Å². The zero-order valence-corrected chi connectivity index (χ0v) is 18.8. The molecule has 3 N–H and O–H groups in total. The van der Waals surface area contributed by atoms with Gasteiger partial charge in [0.1, 0.15) is 5.82 Å². The van der Waals surface area contributed by atoms with Crippen molar-refractivity contribution in [3.63, 3.8) is 0 Å². The molecule has 0 spiro atoms. The molecule has 0 aliphatic rings. The predicted molar refractivity (Wildman–Crippen MR) is 120 cm³/mol. The number of aromatic nitrogens is 1. The highest BCUT2D eigenvalue weighted by molar-refractivity contribution is 7.53. The van der Waals surface area contributed by atoms with Gasteiger partial charge in [-0.1, -0.05) is 31.1 Å². The van der Waals surface area contributed by atoms with Crippen LogP contribution < -0.4 is 5.32 Å². The largest absolute Gasteiger partial charge is 0.356 e. The van der Waals surface area contributed by atoms with Crippen LogP contribution in [0.4, 0.5) is 10.1 Å². The van der Waals surface area contributed by atoms with Crippen LogP contribution in [0.3, 0.4) is 0 Å². The van der Waals surface area contributed by atoms with Crippen LogP contribution in [0, 0.1) is 5.82 Å². The highest BCUT2D eigenvalue weighted by atomic mass is 31.2. The Kier molecular flexibility index (Phi) is 7.29. The zero-order chi connectivity index (χ0) is 23.4. The molecule has 0 fully saturated rings. The first kappa shape index (κ1) is 23.9. The molecule has 7 nitrogen and oxygen atoms in total. The lowest BCUT2D eigenvalue weighted by Gasteiger charge is -2.33. The highest BCUT2D eigenvalue weighted by Crippen LogP contribution is 2.61. The van der Waals surface area contributed by atoms with Gasteiger partial charge >= 0.3 is 7.60 Å². The van der Waals surface area contributed by atoms with Gasteiger partial charge in [-0.05, 0) is 61.2 Å². The number of aryl methyl sites for hydroxylation is 1. The van der Waals surface area contributed by atoms with Crippen molar-refractivity contribution in [1.82, 2.24) is 5.16 Å². The Balaban J connectivity index is 1.71. The second-order valence-electron chi connectivity index (χ2n) is 7.60. The number of benzene rings is 2. The van der Waals surface area contributed by atoms with E-state index in [4.69, 9.17) is 4.52 Å². The van der Waals surface area contributed by atoms with Gasteiger partial charge in [-0.3, -0.25) is 9.36 Å². The van der Waals surface area contributed by atoms with E-state index in [0.717, 1.165) is 5.56 Å². The standard InChI is InChI=1S/C23H26FN2O5P/c1-3-23(4-2,32(28,29)30)18-6-5-7-20(14-18)26-21(27)13-10-17-15-25-31-22(17)16-8-11-19(24)12-9-16/h5-9,11-12,14-15H,3-4,10,13H2,1-2H3,(H,26,27)(H2,28,29,30). The Morgan fingerprint density at radius 2 is 1.84 bits per heavy atom. The molecule has 0 unspecified atom stereocenters. The van der Waals surface area contributed by atoms with E-state index in [1.807, 2.05) is 0 Å². The van der Waals surface area contributed by atoms with Gasteiger partial charge in [-0.15, -0.1) is 0 Å². The van der Waals surface area contributed by atoms with Crippen molar-refractivity contribution < 1.29 is 28.1 Å². The van der Waals surface area contributed by atoms with Crippen molar-refractivity contribution in [3.8, 4) is 11.3 Å². The monoisotopic (exact) mass is 460 g/mol. The molecule has 2 aromatic carbocycles. The number of carbonyl (C=O) groups excluding carboxylic acids is 1. The van der Waals surface area contributed by atoms with Crippen molar-refractivity contribution in [2.24, 2.45) is 0 Å². The molecule has 0 aliphatic carbocycles. The van der Waals surface area contributed by atoms with Crippen molar-refractivity contribution in [3.05, 3.63) is 71.7 Å². The van der Waals surface area contributed by atoms with E-state index in [0.29, 0.717) is 29.0 Å². The van der Waals surface area contributed by atoms with Crippen molar-refractivity contribution in [1.29, 1.82) is 0 Å². The number of carbonyl (C=O) groups is 1. The summed E-state index contributed by atoms with van der Waals surface area (Å²) in [5.41, 5.74) is 2.35. The molecular formula is C23H26FN2O5P. The van der Waals surface area contributed by atoms with Crippen LogP contribution >= 0.6 is 7.60 Å². The number of rotatable bonds is 9. The fourth-order valence-electron chi connectivity index (χ4n) is 3.87. The van der Waals surface area contributed by atoms with E-state index < -0.39 is 12.8 Å². The fourth-order valence-corrected chi connectivity index (χ4v) is 5.17. The van der Waals surface area contributed by atoms with Crippen LogP contribution in [0.2, 0.25) is 0 Å². The maximum Gasteiger partial charge on any atom is 0.335 e. The van der Waals surface area contributed by atoms with E-state index in [9.17, 15) is 23.5 Å². The molecule has 0 aliphatic heterocycles. The second-order valence-corrected chi connectivity index (χ2v) is 9.54. The average molecular weight is 460 g/mol. The Morgan fingerprint density at radius 3 is 2.47 bits per heavy atom. The molecule has 1 aromatic heterocycles. The Morgan fingerprint density at radius 1 is 1.16 bits per heavy atom. The summed E-state index contributed by atoms with van der Waals surface area (Å²) in [6.07, 6.45) is 2.57. The summed E-state index contributed by atoms with van der Waals surface area (Å²) in [6.45, 7) is 3.48. The molecule has 0 bridgehead atoms. The summed E-state index contributed by atoms with van der Waals surface area (Å²) < 4.78 is 30.7. The number of anilines is 1. The first-order valence-corrected chi connectivity index (χ1v) is 12.0. The van der Waals surface area contributed by atoms with Gasteiger partial charge in [0, 0.05) is 23.2 Å². The van der Waals surface area contributed by atoms with Gasteiger partial charge in [-0.25, -0.2) is 4.39 Å². The number of hydrogen-bond donors (Lipinski definition) is 3. The lowest BCUT2D eigenvalue weighted by Crippen LogP contribution is -2.24. The molecule has 1 heterocycles. The topological polar surface area (TPSA) is 113 Å². The maximum absolute atomic E-state index is 13.2.